The van der Waals surface area contributed by atoms with E-state index in [1.165, 1.54) is 29.6 Å². The van der Waals surface area contributed by atoms with Crippen molar-refractivity contribution in [2.75, 3.05) is 45.9 Å². The third-order valence-corrected chi connectivity index (χ3v) is 6.82. The van der Waals surface area contributed by atoms with Crippen LogP contribution in [0.1, 0.15) is 41.6 Å². The van der Waals surface area contributed by atoms with Crippen molar-refractivity contribution in [1.29, 1.82) is 0 Å². The van der Waals surface area contributed by atoms with Gasteiger partial charge in [0.25, 0.3) is 5.91 Å². The Hall–Kier alpha value is -3.10. The number of nitrogens with zero attached hydrogens (tertiary/aromatic N) is 4. The molecule has 0 aliphatic carbocycles. The zero-order valence-electron chi connectivity index (χ0n) is 20.7. The van der Waals surface area contributed by atoms with Gasteiger partial charge in [-0.25, -0.2) is 9.40 Å². The van der Waals surface area contributed by atoms with Gasteiger partial charge in [0.1, 0.15) is 12.4 Å². The van der Waals surface area contributed by atoms with Crippen LogP contribution in [-0.4, -0.2) is 78.3 Å². The Morgan fingerprint density at radius 3 is 2.46 bits per heavy atom. The number of ether oxygens (including phenoxy) is 1. The minimum absolute atomic E-state index is 0.0545. The first-order chi connectivity index (χ1) is 16.8. The second kappa shape index (κ2) is 11.1. The molecule has 2 aromatic rings. The number of carbonyl (C=O) groups excluding carboxylic acids is 2. The molecule has 2 aliphatic heterocycles. The fourth-order valence-corrected chi connectivity index (χ4v) is 4.45. The summed E-state index contributed by atoms with van der Waals surface area (Å²) in [5, 5.41) is 6.19. The molecule has 2 amide bonds. The molecule has 8 heteroatoms. The summed E-state index contributed by atoms with van der Waals surface area (Å²) >= 11 is 0. The summed E-state index contributed by atoms with van der Waals surface area (Å²) in [5.41, 5.74) is 4.92. The molecule has 4 rings (SSSR count). The van der Waals surface area contributed by atoms with Crippen molar-refractivity contribution in [3.8, 4) is 0 Å². The molecule has 0 N–H and O–H groups in total. The van der Waals surface area contributed by atoms with E-state index in [4.69, 9.17) is 9.84 Å². The van der Waals surface area contributed by atoms with E-state index >= 15 is 0 Å². The summed E-state index contributed by atoms with van der Waals surface area (Å²) < 4.78 is 19.0. The predicted octanol–water partition coefficient (Wildman–Crippen LogP) is 3.30. The van der Waals surface area contributed by atoms with Crippen LogP contribution in [0, 0.1) is 19.7 Å². The van der Waals surface area contributed by atoms with Crippen LogP contribution in [0.4, 0.5) is 4.39 Å². The number of hydrazone groups is 1. The average Bonchev–Trinajstić information content (AvgIpc) is 3.30. The third-order valence-electron chi connectivity index (χ3n) is 6.82. The van der Waals surface area contributed by atoms with E-state index < -0.39 is 0 Å². The highest BCUT2D eigenvalue weighted by Crippen LogP contribution is 2.33. The molecule has 0 unspecified atom stereocenters. The standard InChI is InChI=1S/C27H33FN4O3/c1-19-4-5-23(16-20(19)2)25-17-26(22-6-8-24(28)9-7-22)32(29-25)27(34)18-31(21(3)33)11-10-30-12-14-35-15-13-30/h4-9,16,26H,10-15,17-18H2,1-3H3/t26-/m0/s1. The summed E-state index contributed by atoms with van der Waals surface area (Å²) in [6, 6.07) is 12.0. The van der Waals surface area contributed by atoms with Gasteiger partial charge in [-0.15, -0.1) is 0 Å². The fourth-order valence-electron chi connectivity index (χ4n) is 4.45. The Morgan fingerprint density at radius 1 is 1.09 bits per heavy atom. The lowest BCUT2D eigenvalue weighted by Gasteiger charge is -2.30. The molecule has 186 valence electrons. The number of carbonyl (C=O) groups is 2. The number of rotatable bonds is 7. The lowest BCUT2D eigenvalue weighted by molar-refractivity contribution is -0.140. The molecular formula is C27H33FN4O3. The average molecular weight is 481 g/mol. The van der Waals surface area contributed by atoms with Gasteiger partial charge < -0.3 is 9.64 Å². The Labute approximate surface area is 206 Å². The second-order valence-corrected chi connectivity index (χ2v) is 9.25. The van der Waals surface area contributed by atoms with Crippen molar-refractivity contribution in [1.82, 2.24) is 14.8 Å². The van der Waals surface area contributed by atoms with Crippen molar-refractivity contribution < 1.29 is 18.7 Å². The van der Waals surface area contributed by atoms with Crippen LogP contribution < -0.4 is 0 Å². The molecule has 1 fully saturated rings. The first-order valence-electron chi connectivity index (χ1n) is 12.1. The fraction of sp³-hybridized carbons (Fsp3) is 0.444. The van der Waals surface area contributed by atoms with Crippen LogP contribution in [0.3, 0.4) is 0 Å². The topological polar surface area (TPSA) is 65.5 Å². The summed E-state index contributed by atoms with van der Waals surface area (Å²) in [5.74, 6) is -0.733. The molecule has 1 saturated heterocycles. The maximum atomic E-state index is 13.6. The monoisotopic (exact) mass is 480 g/mol. The summed E-state index contributed by atoms with van der Waals surface area (Å²) in [7, 11) is 0. The maximum Gasteiger partial charge on any atom is 0.262 e. The minimum Gasteiger partial charge on any atom is -0.379 e. The zero-order chi connectivity index (χ0) is 24.9. The Morgan fingerprint density at radius 2 is 1.80 bits per heavy atom. The molecule has 0 saturated carbocycles. The summed E-state index contributed by atoms with van der Waals surface area (Å²) in [6.45, 7) is 9.69. The molecule has 0 spiro atoms. The lowest BCUT2D eigenvalue weighted by Crippen LogP contribution is -2.45. The van der Waals surface area contributed by atoms with Crippen molar-refractivity contribution in [2.45, 2.75) is 33.2 Å². The van der Waals surface area contributed by atoms with Crippen molar-refractivity contribution in [3.63, 3.8) is 0 Å². The summed E-state index contributed by atoms with van der Waals surface area (Å²) in [4.78, 5) is 29.6. The van der Waals surface area contributed by atoms with E-state index in [2.05, 4.69) is 17.9 Å². The van der Waals surface area contributed by atoms with Gasteiger partial charge in [-0.05, 0) is 54.3 Å². The van der Waals surface area contributed by atoms with Gasteiger partial charge in [0, 0.05) is 39.5 Å². The van der Waals surface area contributed by atoms with Gasteiger partial charge in [0.2, 0.25) is 5.91 Å². The van der Waals surface area contributed by atoms with E-state index in [-0.39, 0.29) is 30.2 Å². The molecule has 7 nitrogen and oxygen atoms in total. The van der Waals surface area contributed by atoms with E-state index in [1.807, 2.05) is 19.1 Å². The Bertz CT molecular complexity index is 1100. The quantitative estimate of drug-likeness (QED) is 0.610. The molecule has 0 aromatic heterocycles. The van der Waals surface area contributed by atoms with Gasteiger partial charge >= 0.3 is 0 Å². The Balaban J connectivity index is 1.54. The largest absolute Gasteiger partial charge is 0.379 e. The highest BCUT2D eigenvalue weighted by Gasteiger charge is 2.34. The van der Waals surface area contributed by atoms with Gasteiger partial charge in [-0.2, -0.15) is 5.10 Å². The van der Waals surface area contributed by atoms with E-state index in [9.17, 15) is 14.0 Å². The van der Waals surface area contributed by atoms with Crippen LogP contribution in [0.2, 0.25) is 0 Å². The van der Waals surface area contributed by atoms with Crippen molar-refractivity contribution >= 4 is 17.5 Å². The van der Waals surface area contributed by atoms with Crippen LogP contribution in [0.25, 0.3) is 0 Å². The van der Waals surface area contributed by atoms with Crippen molar-refractivity contribution in [3.05, 3.63) is 70.5 Å². The molecular weight excluding hydrogens is 447 g/mol. The molecule has 2 heterocycles. The highest BCUT2D eigenvalue weighted by molar-refractivity contribution is 6.03. The smallest absolute Gasteiger partial charge is 0.262 e. The number of halogens is 1. The van der Waals surface area contributed by atoms with E-state index in [0.717, 1.165) is 35.5 Å². The lowest BCUT2D eigenvalue weighted by atomic mass is 9.96. The van der Waals surface area contributed by atoms with Gasteiger partial charge in [0.15, 0.2) is 0 Å². The second-order valence-electron chi connectivity index (χ2n) is 9.25. The maximum absolute atomic E-state index is 13.6. The third kappa shape index (κ3) is 6.13. The number of amides is 2. The molecule has 1 atom stereocenters. The molecule has 0 radical (unpaired) electrons. The van der Waals surface area contributed by atoms with Crippen LogP contribution in [-0.2, 0) is 14.3 Å². The zero-order valence-corrected chi connectivity index (χ0v) is 20.7. The number of hydrogen-bond acceptors (Lipinski definition) is 5. The molecule has 0 bridgehead atoms. The van der Waals surface area contributed by atoms with E-state index in [1.54, 1.807) is 17.0 Å². The van der Waals surface area contributed by atoms with Gasteiger partial charge in [-0.3, -0.25) is 14.5 Å². The Kier molecular flexibility index (Phi) is 7.93. The number of hydrogen-bond donors (Lipinski definition) is 0. The number of aryl methyl sites for hydroxylation is 2. The molecule has 35 heavy (non-hydrogen) atoms. The van der Waals surface area contributed by atoms with Crippen LogP contribution >= 0.6 is 0 Å². The first-order valence-corrected chi connectivity index (χ1v) is 12.1. The number of benzene rings is 2. The van der Waals surface area contributed by atoms with Crippen LogP contribution in [0.15, 0.2) is 47.6 Å². The molecule has 2 aliphatic rings. The van der Waals surface area contributed by atoms with Gasteiger partial charge in [-0.1, -0.05) is 24.3 Å². The number of morpholine rings is 1. The minimum atomic E-state index is -0.354. The first kappa shape index (κ1) is 25.0. The van der Waals surface area contributed by atoms with Crippen LogP contribution in [0.5, 0.6) is 0 Å². The predicted molar refractivity (Wildman–Crippen MR) is 133 cm³/mol. The molecule has 2 aromatic carbocycles. The summed E-state index contributed by atoms with van der Waals surface area (Å²) in [6.07, 6.45) is 0.522. The van der Waals surface area contributed by atoms with Gasteiger partial charge in [0.05, 0.1) is 25.0 Å². The normalized spacial score (nSPS) is 18.5. The van der Waals surface area contributed by atoms with Crippen molar-refractivity contribution in [2.24, 2.45) is 5.10 Å². The SMILES string of the molecule is CC(=O)N(CCN1CCOCC1)CC(=O)N1N=C(c2ccc(C)c(C)c2)C[C@H]1c1ccc(F)cc1. The highest BCUT2D eigenvalue weighted by atomic mass is 19.1. The van der Waals surface area contributed by atoms with E-state index in [0.29, 0.717) is 32.7 Å².